The Bertz CT molecular complexity index is 461. The van der Waals surface area contributed by atoms with Crippen LogP contribution in [0.2, 0.25) is 10.2 Å². The summed E-state index contributed by atoms with van der Waals surface area (Å²) in [5.41, 5.74) is 0. The van der Waals surface area contributed by atoms with E-state index in [0.717, 1.165) is 9.92 Å². The van der Waals surface area contributed by atoms with Crippen molar-refractivity contribution in [2.45, 2.75) is 9.92 Å². The largest absolute Gasteiger partial charge is 0.263 e. The highest BCUT2D eigenvalue weighted by Crippen LogP contribution is 2.30. The summed E-state index contributed by atoms with van der Waals surface area (Å²) in [5.74, 6) is 0. The van der Waals surface area contributed by atoms with Crippen molar-refractivity contribution in [1.29, 1.82) is 0 Å². The number of rotatable bonds is 2. The minimum absolute atomic E-state index is 0.372. The second-order valence-corrected chi connectivity index (χ2v) is 4.44. The first kappa shape index (κ1) is 10.7. The minimum Gasteiger partial charge on any atom is -0.263 e. The van der Waals surface area contributed by atoms with Gasteiger partial charge in [0.25, 0.3) is 0 Å². The second-order valence-electron chi connectivity index (χ2n) is 2.59. The molecule has 2 aromatic rings. The van der Waals surface area contributed by atoms with Crippen molar-refractivity contribution in [2.75, 3.05) is 0 Å². The topological polar surface area (TPSA) is 38.7 Å². The highest BCUT2D eigenvalue weighted by molar-refractivity contribution is 7.99. The molecule has 0 saturated heterocycles. The Kier molecular flexibility index (Phi) is 3.41. The van der Waals surface area contributed by atoms with E-state index >= 15 is 0 Å². The van der Waals surface area contributed by atoms with Gasteiger partial charge in [0.1, 0.15) is 10.2 Å². The van der Waals surface area contributed by atoms with E-state index in [1.807, 2.05) is 0 Å². The fourth-order valence-corrected chi connectivity index (χ4v) is 1.94. The Hall–Kier alpha value is -0.840. The maximum absolute atomic E-state index is 5.97. The van der Waals surface area contributed by atoms with Crippen molar-refractivity contribution in [1.82, 2.24) is 15.0 Å². The monoisotopic (exact) mass is 257 g/mol. The molecule has 76 valence electrons. The maximum Gasteiger partial charge on any atom is 0.147 e. The lowest BCUT2D eigenvalue weighted by molar-refractivity contribution is 1.05. The quantitative estimate of drug-likeness (QED) is 0.828. The first-order valence-electron chi connectivity index (χ1n) is 4.00. The van der Waals surface area contributed by atoms with Crippen molar-refractivity contribution < 1.29 is 0 Å². The first-order valence-corrected chi connectivity index (χ1v) is 5.58. The molecule has 0 N–H and O–H groups in total. The molecule has 0 aromatic carbocycles. The maximum atomic E-state index is 5.97. The second kappa shape index (κ2) is 4.79. The molecular formula is C9H5Cl2N3S. The average Bonchev–Trinajstić information content (AvgIpc) is 2.25. The number of pyridine rings is 1. The van der Waals surface area contributed by atoms with Gasteiger partial charge >= 0.3 is 0 Å². The number of hydrogen-bond acceptors (Lipinski definition) is 4. The summed E-state index contributed by atoms with van der Waals surface area (Å²) in [6, 6.07) is 1.73. The van der Waals surface area contributed by atoms with Crippen LogP contribution in [0.15, 0.2) is 40.8 Å². The van der Waals surface area contributed by atoms with Gasteiger partial charge in [0, 0.05) is 12.4 Å². The van der Waals surface area contributed by atoms with Crippen LogP contribution in [-0.4, -0.2) is 15.0 Å². The molecule has 0 atom stereocenters. The minimum atomic E-state index is 0.372. The van der Waals surface area contributed by atoms with Crippen molar-refractivity contribution in [3.63, 3.8) is 0 Å². The van der Waals surface area contributed by atoms with Crippen LogP contribution in [0.3, 0.4) is 0 Å². The predicted octanol–water partition coefficient (Wildman–Crippen LogP) is 3.33. The predicted molar refractivity (Wildman–Crippen MR) is 60.4 cm³/mol. The third-order valence-electron chi connectivity index (χ3n) is 1.55. The molecule has 0 spiro atoms. The Labute approximate surface area is 101 Å². The van der Waals surface area contributed by atoms with Gasteiger partial charge in [0.15, 0.2) is 0 Å². The van der Waals surface area contributed by atoms with Crippen LogP contribution < -0.4 is 0 Å². The van der Waals surface area contributed by atoms with Gasteiger partial charge in [-0.2, -0.15) is 0 Å². The van der Waals surface area contributed by atoms with E-state index in [2.05, 4.69) is 15.0 Å². The van der Waals surface area contributed by atoms with Crippen molar-refractivity contribution >= 4 is 35.0 Å². The first-order chi connectivity index (χ1) is 7.25. The summed E-state index contributed by atoms with van der Waals surface area (Å²) in [6.45, 7) is 0. The number of aromatic nitrogens is 3. The lowest BCUT2D eigenvalue weighted by atomic mass is 10.5. The Morgan fingerprint density at radius 3 is 2.60 bits per heavy atom. The molecule has 3 nitrogen and oxygen atoms in total. The summed E-state index contributed by atoms with van der Waals surface area (Å²) in [5, 5.41) is 1.75. The Balaban J connectivity index is 2.22. The summed E-state index contributed by atoms with van der Waals surface area (Å²) >= 11 is 13.0. The average molecular weight is 258 g/mol. The number of nitrogens with zero attached hydrogens (tertiary/aromatic N) is 3. The zero-order valence-corrected chi connectivity index (χ0v) is 9.72. The standard InChI is InChI=1S/C9H5Cl2N3S/c10-6-1-2-12-3-7(6)15-9-5-13-8(11)4-14-9/h1-5H. The molecule has 15 heavy (non-hydrogen) atoms. The zero-order valence-electron chi connectivity index (χ0n) is 7.39. The van der Waals surface area contributed by atoms with Crippen LogP contribution in [0.1, 0.15) is 0 Å². The number of hydrogen-bond donors (Lipinski definition) is 0. The van der Waals surface area contributed by atoms with Crippen LogP contribution in [0, 0.1) is 0 Å². The van der Waals surface area contributed by atoms with Crippen molar-refractivity contribution in [3.8, 4) is 0 Å². The summed E-state index contributed by atoms with van der Waals surface area (Å²) in [4.78, 5) is 12.8. The highest BCUT2D eigenvalue weighted by Gasteiger charge is 2.03. The molecule has 0 unspecified atom stereocenters. The summed E-state index contributed by atoms with van der Waals surface area (Å²) < 4.78 is 0. The summed E-state index contributed by atoms with van der Waals surface area (Å²) in [6.07, 6.45) is 6.41. The van der Waals surface area contributed by atoms with E-state index < -0.39 is 0 Å². The highest BCUT2D eigenvalue weighted by atomic mass is 35.5. The third kappa shape index (κ3) is 2.81. The van der Waals surface area contributed by atoms with E-state index in [9.17, 15) is 0 Å². The molecule has 0 bridgehead atoms. The third-order valence-corrected chi connectivity index (χ3v) is 3.15. The van der Waals surface area contributed by atoms with E-state index in [1.165, 1.54) is 18.0 Å². The molecule has 0 aliphatic rings. The normalized spacial score (nSPS) is 10.3. The van der Waals surface area contributed by atoms with Crippen LogP contribution in [0.5, 0.6) is 0 Å². The molecule has 2 aromatic heterocycles. The molecule has 2 heterocycles. The van der Waals surface area contributed by atoms with Gasteiger partial charge in [0.2, 0.25) is 0 Å². The molecule has 0 amide bonds. The molecule has 0 saturated carbocycles. The van der Waals surface area contributed by atoms with E-state index in [-0.39, 0.29) is 0 Å². The van der Waals surface area contributed by atoms with Gasteiger partial charge in [-0.15, -0.1) is 0 Å². The fraction of sp³-hybridized carbons (Fsp3) is 0. The van der Waals surface area contributed by atoms with Gasteiger partial charge in [-0.05, 0) is 6.07 Å². The van der Waals surface area contributed by atoms with E-state index in [0.29, 0.717) is 10.2 Å². The van der Waals surface area contributed by atoms with Gasteiger partial charge in [-0.3, -0.25) is 4.98 Å². The van der Waals surface area contributed by atoms with Crippen molar-refractivity contribution in [3.05, 3.63) is 41.0 Å². The lowest BCUT2D eigenvalue weighted by Gasteiger charge is -2.01. The number of halogens is 2. The Morgan fingerprint density at radius 1 is 1.07 bits per heavy atom. The van der Waals surface area contributed by atoms with Gasteiger partial charge in [-0.1, -0.05) is 35.0 Å². The molecule has 6 heteroatoms. The lowest BCUT2D eigenvalue weighted by Crippen LogP contribution is -1.83. The van der Waals surface area contributed by atoms with Crippen LogP contribution in [0.4, 0.5) is 0 Å². The van der Waals surface area contributed by atoms with Crippen LogP contribution >= 0.6 is 35.0 Å². The van der Waals surface area contributed by atoms with Gasteiger partial charge in [0.05, 0.1) is 22.3 Å². The summed E-state index contributed by atoms with van der Waals surface area (Å²) in [7, 11) is 0. The van der Waals surface area contributed by atoms with Crippen molar-refractivity contribution in [2.24, 2.45) is 0 Å². The molecule has 2 rings (SSSR count). The smallest absolute Gasteiger partial charge is 0.147 e. The molecule has 0 aliphatic heterocycles. The van der Waals surface area contributed by atoms with Gasteiger partial charge < -0.3 is 0 Å². The van der Waals surface area contributed by atoms with Crippen LogP contribution in [0.25, 0.3) is 0 Å². The molecule has 0 fully saturated rings. The zero-order chi connectivity index (χ0) is 10.7. The van der Waals surface area contributed by atoms with E-state index in [1.54, 1.807) is 24.7 Å². The van der Waals surface area contributed by atoms with E-state index in [4.69, 9.17) is 23.2 Å². The molecule has 0 radical (unpaired) electrons. The van der Waals surface area contributed by atoms with Crippen LogP contribution in [-0.2, 0) is 0 Å². The molecule has 0 aliphatic carbocycles. The molecular weight excluding hydrogens is 253 g/mol. The fourth-order valence-electron chi connectivity index (χ4n) is 0.904. The Morgan fingerprint density at radius 2 is 1.93 bits per heavy atom. The SMILES string of the molecule is Clc1cnc(Sc2cnccc2Cl)cn1. The van der Waals surface area contributed by atoms with Gasteiger partial charge in [-0.25, -0.2) is 9.97 Å².